The topological polar surface area (TPSA) is 88.2 Å². The lowest BCUT2D eigenvalue weighted by molar-refractivity contribution is 0.0265. The molecule has 0 aliphatic rings. The summed E-state index contributed by atoms with van der Waals surface area (Å²) in [4.78, 5) is 14.1. The molecule has 0 bridgehead atoms. The summed E-state index contributed by atoms with van der Waals surface area (Å²) in [5.41, 5.74) is 5.07. The first-order chi connectivity index (χ1) is 8.76. The Labute approximate surface area is 116 Å². The van der Waals surface area contributed by atoms with Crippen molar-refractivity contribution in [3.8, 4) is 0 Å². The van der Waals surface area contributed by atoms with Gasteiger partial charge in [-0.25, -0.2) is 4.79 Å². The predicted octanol–water partition coefficient (Wildman–Crippen LogP) is 2.40. The quantitative estimate of drug-likeness (QED) is 0.386. The van der Waals surface area contributed by atoms with Crippen LogP contribution in [0.3, 0.4) is 0 Å². The molecule has 1 aromatic heterocycles. The number of carbonyl (C=O) groups is 1. The average Bonchev–Trinajstić information content (AvgIpc) is 2.80. The van der Waals surface area contributed by atoms with Crippen LogP contribution in [0.25, 0.3) is 0 Å². The first kappa shape index (κ1) is 15.3. The van der Waals surface area contributed by atoms with Gasteiger partial charge in [0.2, 0.25) is 0 Å². The molecule has 7 heteroatoms. The van der Waals surface area contributed by atoms with E-state index in [2.05, 4.69) is 5.16 Å². The molecule has 3 N–H and O–H groups in total. The molecule has 0 radical (unpaired) electrons. The van der Waals surface area contributed by atoms with Gasteiger partial charge in [0.15, 0.2) is 5.84 Å². The van der Waals surface area contributed by atoms with Crippen LogP contribution in [0.15, 0.2) is 22.7 Å². The molecule has 0 spiro atoms. The largest absolute Gasteiger partial charge is 0.444 e. The number of rotatable bonds is 3. The fraction of sp³-hybridized carbons (Fsp3) is 0.500. The van der Waals surface area contributed by atoms with Crippen LogP contribution < -0.4 is 5.73 Å². The van der Waals surface area contributed by atoms with Crippen molar-refractivity contribution in [2.45, 2.75) is 32.4 Å². The van der Waals surface area contributed by atoms with E-state index in [0.29, 0.717) is 0 Å². The fourth-order valence-corrected chi connectivity index (χ4v) is 2.36. The highest BCUT2D eigenvalue weighted by Crippen LogP contribution is 2.25. The van der Waals surface area contributed by atoms with Crippen LogP contribution >= 0.6 is 11.3 Å². The number of ether oxygens (including phenoxy) is 1. The average molecular weight is 285 g/mol. The Balaban J connectivity index is 2.96. The van der Waals surface area contributed by atoms with Crippen molar-refractivity contribution < 1.29 is 14.7 Å². The van der Waals surface area contributed by atoms with Crippen LogP contribution in [0.2, 0.25) is 0 Å². The number of hydrogen-bond donors (Lipinski definition) is 2. The number of amides is 1. The van der Waals surface area contributed by atoms with E-state index in [-0.39, 0.29) is 5.84 Å². The number of nitrogens with two attached hydrogens (primary N) is 1. The van der Waals surface area contributed by atoms with E-state index in [1.54, 1.807) is 27.8 Å². The molecule has 0 saturated heterocycles. The summed E-state index contributed by atoms with van der Waals surface area (Å²) < 4.78 is 5.27. The van der Waals surface area contributed by atoms with Gasteiger partial charge in [0.05, 0.1) is 0 Å². The minimum Gasteiger partial charge on any atom is -0.444 e. The molecule has 0 saturated carbocycles. The standard InChI is InChI=1S/C12H19N3O3S/c1-12(2,3)18-11(16)15(4)9(10(13)14-17)8-6-5-7-19-8/h5-7,9,17H,1-4H3,(H2,13,14)/t9-/m1/s1. The lowest BCUT2D eigenvalue weighted by atomic mass is 10.2. The number of nitrogens with zero attached hydrogens (tertiary/aromatic N) is 2. The SMILES string of the molecule is CN(C(=O)OC(C)(C)C)[C@@H](C(N)=NO)c1cccs1. The summed E-state index contributed by atoms with van der Waals surface area (Å²) in [6.07, 6.45) is -0.530. The third-order valence-corrected chi connectivity index (χ3v) is 3.20. The number of likely N-dealkylation sites (N-methyl/N-ethyl adjacent to an activating group) is 1. The van der Waals surface area contributed by atoms with Gasteiger partial charge >= 0.3 is 6.09 Å². The van der Waals surface area contributed by atoms with E-state index in [0.717, 1.165) is 4.88 Å². The Morgan fingerprint density at radius 1 is 1.58 bits per heavy atom. The molecule has 0 aromatic carbocycles. The fourth-order valence-electron chi connectivity index (χ4n) is 1.48. The molecule has 6 nitrogen and oxygen atoms in total. The lowest BCUT2D eigenvalue weighted by Crippen LogP contribution is -2.41. The van der Waals surface area contributed by atoms with Crippen molar-refractivity contribution in [3.05, 3.63) is 22.4 Å². The second-order valence-corrected chi connectivity index (χ2v) is 6.01. The first-order valence-corrected chi connectivity index (χ1v) is 6.61. The van der Waals surface area contributed by atoms with Gasteiger partial charge in [-0.2, -0.15) is 0 Å². The zero-order valence-corrected chi connectivity index (χ0v) is 12.3. The molecule has 1 heterocycles. The molecular weight excluding hydrogens is 266 g/mol. The van der Waals surface area contributed by atoms with Gasteiger partial charge in [0.1, 0.15) is 11.6 Å². The molecule has 1 aromatic rings. The lowest BCUT2D eigenvalue weighted by Gasteiger charge is -2.29. The summed E-state index contributed by atoms with van der Waals surface area (Å²) in [7, 11) is 1.55. The Kier molecular flexibility index (Phi) is 4.77. The van der Waals surface area contributed by atoms with Crippen molar-refractivity contribution in [1.29, 1.82) is 0 Å². The van der Waals surface area contributed by atoms with Crippen molar-refractivity contribution in [2.75, 3.05) is 7.05 Å². The highest BCUT2D eigenvalue weighted by molar-refractivity contribution is 7.10. The minimum atomic E-state index is -0.639. The molecular formula is C12H19N3O3S. The summed E-state index contributed by atoms with van der Waals surface area (Å²) in [6.45, 7) is 5.34. The number of hydrogen-bond acceptors (Lipinski definition) is 5. The summed E-state index contributed by atoms with van der Waals surface area (Å²) >= 11 is 1.42. The second-order valence-electron chi connectivity index (χ2n) is 5.03. The summed E-state index contributed by atoms with van der Waals surface area (Å²) in [5, 5.41) is 13.7. The highest BCUT2D eigenvalue weighted by Gasteiger charge is 2.30. The molecule has 1 amide bonds. The van der Waals surface area contributed by atoms with Crippen molar-refractivity contribution in [3.63, 3.8) is 0 Å². The smallest absolute Gasteiger partial charge is 0.410 e. The zero-order chi connectivity index (χ0) is 14.6. The normalized spacial score (nSPS) is 14.0. The van der Waals surface area contributed by atoms with E-state index in [1.807, 2.05) is 17.5 Å². The Morgan fingerprint density at radius 3 is 2.63 bits per heavy atom. The maximum Gasteiger partial charge on any atom is 0.410 e. The maximum atomic E-state index is 12.0. The summed E-state index contributed by atoms with van der Waals surface area (Å²) in [5.74, 6) is -0.0594. The van der Waals surface area contributed by atoms with E-state index in [9.17, 15) is 4.79 Å². The molecule has 106 valence electrons. The van der Waals surface area contributed by atoms with E-state index in [1.165, 1.54) is 16.2 Å². The van der Waals surface area contributed by atoms with Crippen LogP contribution in [-0.2, 0) is 4.74 Å². The molecule has 1 rings (SSSR count). The minimum absolute atomic E-state index is 0.0594. The van der Waals surface area contributed by atoms with E-state index < -0.39 is 17.7 Å². The van der Waals surface area contributed by atoms with Gasteiger partial charge < -0.3 is 15.7 Å². The van der Waals surface area contributed by atoms with Crippen molar-refractivity contribution in [1.82, 2.24) is 4.90 Å². The van der Waals surface area contributed by atoms with Crippen LogP contribution in [-0.4, -0.2) is 34.7 Å². The third kappa shape index (κ3) is 4.13. The van der Waals surface area contributed by atoms with Gasteiger partial charge in [0, 0.05) is 11.9 Å². The van der Waals surface area contributed by atoms with Gasteiger partial charge in [-0.3, -0.25) is 4.90 Å². The van der Waals surface area contributed by atoms with E-state index >= 15 is 0 Å². The number of carbonyl (C=O) groups excluding carboxylic acids is 1. The van der Waals surface area contributed by atoms with Crippen LogP contribution in [0.4, 0.5) is 4.79 Å². The van der Waals surface area contributed by atoms with Crippen LogP contribution in [0, 0.1) is 0 Å². The molecule has 0 aliphatic carbocycles. The van der Waals surface area contributed by atoms with Gasteiger partial charge in [-0.05, 0) is 32.2 Å². The molecule has 1 atom stereocenters. The third-order valence-electron chi connectivity index (χ3n) is 2.28. The Bertz CT molecular complexity index is 451. The van der Waals surface area contributed by atoms with E-state index in [4.69, 9.17) is 15.7 Å². The monoisotopic (exact) mass is 285 g/mol. The van der Waals surface area contributed by atoms with Crippen LogP contribution in [0.5, 0.6) is 0 Å². The highest BCUT2D eigenvalue weighted by atomic mass is 32.1. The van der Waals surface area contributed by atoms with Gasteiger partial charge in [0.25, 0.3) is 0 Å². The van der Waals surface area contributed by atoms with Gasteiger partial charge in [-0.15, -0.1) is 11.3 Å². The zero-order valence-electron chi connectivity index (χ0n) is 11.5. The molecule has 19 heavy (non-hydrogen) atoms. The summed E-state index contributed by atoms with van der Waals surface area (Å²) in [6, 6.07) is 3.01. The van der Waals surface area contributed by atoms with Crippen LogP contribution in [0.1, 0.15) is 31.7 Å². The van der Waals surface area contributed by atoms with Crippen molar-refractivity contribution in [2.24, 2.45) is 10.9 Å². The van der Waals surface area contributed by atoms with Crippen molar-refractivity contribution >= 4 is 23.3 Å². The molecule has 0 aliphatic heterocycles. The molecule has 0 fully saturated rings. The molecule has 0 unspecified atom stereocenters. The van der Waals surface area contributed by atoms with Gasteiger partial charge in [-0.1, -0.05) is 11.2 Å². The number of amidine groups is 1. The maximum absolute atomic E-state index is 12.0. The Hall–Kier alpha value is -1.76. The number of thiophene rings is 1. The Morgan fingerprint density at radius 2 is 2.21 bits per heavy atom. The predicted molar refractivity (Wildman–Crippen MR) is 74.5 cm³/mol. The second kappa shape index (κ2) is 5.92. The first-order valence-electron chi connectivity index (χ1n) is 5.73. The number of oxime groups is 1.